The molecule has 1 unspecified atom stereocenters. The van der Waals surface area contributed by atoms with Crippen molar-refractivity contribution in [2.24, 2.45) is 5.92 Å². The third kappa shape index (κ3) is 3.99. The van der Waals surface area contributed by atoms with Gasteiger partial charge in [-0.25, -0.2) is 4.39 Å². The van der Waals surface area contributed by atoms with Crippen LogP contribution in [-0.2, 0) is 6.42 Å². The van der Waals surface area contributed by atoms with Crippen LogP contribution < -0.4 is 5.32 Å². The van der Waals surface area contributed by atoms with E-state index in [1.807, 2.05) is 19.2 Å². The van der Waals surface area contributed by atoms with Crippen LogP contribution in [0.1, 0.15) is 24.8 Å². The summed E-state index contributed by atoms with van der Waals surface area (Å²) in [4.78, 5) is 0. The van der Waals surface area contributed by atoms with Crippen molar-refractivity contribution in [3.8, 4) is 0 Å². The lowest BCUT2D eigenvalue weighted by Crippen LogP contribution is -2.31. The summed E-state index contributed by atoms with van der Waals surface area (Å²) in [6.07, 6.45) is 4.61. The van der Waals surface area contributed by atoms with Gasteiger partial charge in [0.25, 0.3) is 0 Å². The Balaban J connectivity index is 1.90. The van der Waals surface area contributed by atoms with Crippen LogP contribution in [0.25, 0.3) is 0 Å². The molecule has 0 radical (unpaired) electrons. The molecule has 1 aromatic rings. The van der Waals surface area contributed by atoms with Crippen LogP contribution in [-0.4, -0.2) is 24.6 Å². The van der Waals surface area contributed by atoms with E-state index < -0.39 is 0 Å². The Labute approximate surface area is 114 Å². The van der Waals surface area contributed by atoms with E-state index in [4.69, 9.17) is 0 Å². The Morgan fingerprint density at radius 1 is 1.33 bits per heavy atom. The lowest BCUT2D eigenvalue weighted by atomic mass is 9.91. The first-order chi connectivity index (χ1) is 8.79. The molecular weight excluding hydrogens is 245 g/mol. The fourth-order valence-electron chi connectivity index (χ4n) is 2.62. The van der Waals surface area contributed by atoms with E-state index in [-0.39, 0.29) is 5.82 Å². The third-order valence-corrected chi connectivity index (χ3v) is 4.84. The summed E-state index contributed by atoms with van der Waals surface area (Å²) in [5.41, 5.74) is 0.835. The number of benzene rings is 1. The summed E-state index contributed by atoms with van der Waals surface area (Å²) in [5, 5.41) is 3.35. The highest BCUT2D eigenvalue weighted by atomic mass is 32.2. The van der Waals surface area contributed by atoms with Crippen LogP contribution >= 0.6 is 11.8 Å². The average molecular weight is 267 g/mol. The number of hydrogen-bond acceptors (Lipinski definition) is 2. The number of hydrogen-bond donors (Lipinski definition) is 1. The normalized spacial score (nSPS) is 18.8. The number of nitrogens with one attached hydrogen (secondary N) is 1. The maximum atomic E-state index is 13.6. The van der Waals surface area contributed by atoms with E-state index in [2.05, 4.69) is 17.1 Å². The Hall–Kier alpha value is -0.540. The highest BCUT2D eigenvalue weighted by Crippen LogP contribution is 2.27. The van der Waals surface area contributed by atoms with Crippen LogP contribution in [0.3, 0.4) is 0 Å². The van der Waals surface area contributed by atoms with E-state index in [1.54, 1.807) is 12.1 Å². The number of thioether (sulfide) groups is 1. The van der Waals surface area contributed by atoms with Crippen molar-refractivity contribution in [2.45, 2.75) is 31.7 Å². The number of likely N-dealkylation sites (N-methyl/N-ethyl adjacent to an activating group) is 1. The Kier molecular flexibility index (Phi) is 5.51. The molecule has 1 atom stereocenters. The molecule has 0 aromatic heterocycles. The smallest absolute Gasteiger partial charge is 0.126 e. The standard InChI is InChI=1S/C15H22FNS/c1-17-14(10-12-6-8-18-9-7-12)11-13-4-2-3-5-15(13)16/h2-5,12,14,17H,6-11H2,1H3. The first-order valence-electron chi connectivity index (χ1n) is 6.78. The van der Waals surface area contributed by atoms with Crippen molar-refractivity contribution in [2.75, 3.05) is 18.6 Å². The van der Waals surface area contributed by atoms with E-state index in [9.17, 15) is 4.39 Å². The molecule has 1 saturated heterocycles. The molecule has 2 rings (SSSR count). The second-order valence-corrected chi connectivity index (χ2v) is 6.30. The monoisotopic (exact) mass is 267 g/mol. The summed E-state index contributed by atoms with van der Waals surface area (Å²) in [6, 6.07) is 7.53. The molecule has 1 N–H and O–H groups in total. The Bertz CT molecular complexity index is 363. The third-order valence-electron chi connectivity index (χ3n) is 3.79. The second kappa shape index (κ2) is 7.15. The van der Waals surface area contributed by atoms with Gasteiger partial charge in [-0.2, -0.15) is 11.8 Å². The summed E-state index contributed by atoms with van der Waals surface area (Å²) in [6.45, 7) is 0. The van der Waals surface area contributed by atoms with Crippen LogP contribution in [0.4, 0.5) is 4.39 Å². The molecule has 0 saturated carbocycles. The van der Waals surface area contributed by atoms with E-state index in [0.29, 0.717) is 6.04 Å². The topological polar surface area (TPSA) is 12.0 Å². The molecule has 0 aliphatic carbocycles. The van der Waals surface area contributed by atoms with Gasteiger partial charge >= 0.3 is 0 Å². The summed E-state index contributed by atoms with van der Waals surface area (Å²) in [5.74, 6) is 3.33. The van der Waals surface area contributed by atoms with Crippen molar-refractivity contribution in [1.29, 1.82) is 0 Å². The minimum atomic E-state index is -0.0723. The van der Waals surface area contributed by atoms with Gasteiger partial charge in [0.2, 0.25) is 0 Å². The van der Waals surface area contributed by atoms with Crippen molar-refractivity contribution in [3.63, 3.8) is 0 Å². The lowest BCUT2D eigenvalue weighted by Gasteiger charge is -2.26. The van der Waals surface area contributed by atoms with Gasteiger partial charge in [0, 0.05) is 6.04 Å². The molecule has 18 heavy (non-hydrogen) atoms. The predicted octanol–water partition coefficient (Wildman–Crippen LogP) is 3.49. The van der Waals surface area contributed by atoms with Crippen molar-refractivity contribution in [3.05, 3.63) is 35.6 Å². The van der Waals surface area contributed by atoms with Crippen LogP contribution in [0.2, 0.25) is 0 Å². The quantitative estimate of drug-likeness (QED) is 0.876. The van der Waals surface area contributed by atoms with Crippen molar-refractivity contribution < 1.29 is 4.39 Å². The minimum absolute atomic E-state index is 0.0723. The van der Waals surface area contributed by atoms with Gasteiger partial charge in [-0.1, -0.05) is 18.2 Å². The van der Waals surface area contributed by atoms with Gasteiger partial charge in [-0.05, 0) is 61.8 Å². The molecule has 1 heterocycles. The highest BCUT2D eigenvalue weighted by molar-refractivity contribution is 7.99. The van der Waals surface area contributed by atoms with E-state index in [1.165, 1.54) is 30.8 Å². The van der Waals surface area contributed by atoms with Gasteiger partial charge in [0.05, 0.1) is 0 Å². The van der Waals surface area contributed by atoms with Gasteiger partial charge in [0.1, 0.15) is 5.82 Å². The zero-order valence-electron chi connectivity index (χ0n) is 11.0. The van der Waals surface area contributed by atoms with E-state index in [0.717, 1.165) is 17.9 Å². The second-order valence-electron chi connectivity index (χ2n) is 5.07. The molecule has 1 aliphatic heterocycles. The SMILES string of the molecule is CNC(Cc1ccccc1F)CC1CCSCC1. The van der Waals surface area contributed by atoms with Crippen LogP contribution in [0.5, 0.6) is 0 Å². The molecule has 100 valence electrons. The molecule has 1 fully saturated rings. The first-order valence-corrected chi connectivity index (χ1v) is 7.93. The van der Waals surface area contributed by atoms with Gasteiger partial charge in [0.15, 0.2) is 0 Å². The fraction of sp³-hybridized carbons (Fsp3) is 0.600. The molecule has 1 nitrogen and oxygen atoms in total. The lowest BCUT2D eigenvalue weighted by molar-refractivity contribution is 0.373. The largest absolute Gasteiger partial charge is 0.317 e. The average Bonchev–Trinajstić information content (AvgIpc) is 2.41. The predicted molar refractivity (Wildman–Crippen MR) is 77.6 cm³/mol. The Morgan fingerprint density at radius 3 is 2.72 bits per heavy atom. The van der Waals surface area contributed by atoms with Gasteiger partial charge < -0.3 is 5.32 Å². The van der Waals surface area contributed by atoms with Gasteiger partial charge in [-0.15, -0.1) is 0 Å². The molecular formula is C15H22FNS. The van der Waals surface area contributed by atoms with Crippen molar-refractivity contribution >= 4 is 11.8 Å². The first kappa shape index (κ1) is 13.9. The Morgan fingerprint density at radius 2 is 2.06 bits per heavy atom. The van der Waals surface area contributed by atoms with Crippen molar-refractivity contribution in [1.82, 2.24) is 5.32 Å². The highest BCUT2D eigenvalue weighted by Gasteiger charge is 2.19. The minimum Gasteiger partial charge on any atom is -0.317 e. The zero-order valence-corrected chi connectivity index (χ0v) is 11.8. The maximum absolute atomic E-state index is 13.6. The molecule has 0 spiro atoms. The van der Waals surface area contributed by atoms with Gasteiger partial charge in [-0.3, -0.25) is 0 Å². The fourth-order valence-corrected chi connectivity index (χ4v) is 3.82. The van der Waals surface area contributed by atoms with Crippen LogP contribution in [0, 0.1) is 11.7 Å². The maximum Gasteiger partial charge on any atom is 0.126 e. The molecule has 0 amide bonds. The summed E-state index contributed by atoms with van der Waals surface area (Å²) in [7, 11) is 1.99. The zero-order chi connectivity index (χ0) is 12.8. The molecule has 1 aliphatic rings. The summed E-state index contributed by atoms with van der Waals surface area (Å²) >= 11 is 2.06. The summed E-state index contributed by atoms with van der Waals surface area (Å²) < 4.78 is 13.6. The number of rotatable bonds is 5. The van der Waals surface area contributed by atoms with Crippen LogP contribution in [0.15, 0.2) is 24.3 Å². The van der Waals surface area contributed by atoms with E-state index >= 15 is 0 Å². The molecule has 1 aromatic carbocycles. The molecule has 0 bridgehead atoms. The number of halogens is 1. The molecule has 3 heteroatoms.